The van der Waals surface area contributed by atoms with Crippen LogP contribution >= 0.6 is 11.8 Å². The monoisotopic (exact) mass is 412 g/mol. The number of halogens is 2. The number of H-pyrrole nitrogens is 1. The van der Waals surface area contributed by atoms with Crippen molar-refractivity contribution in [2.24, 2.45) is 0 Å². The van der Waals surface area contributed by atoms with Crippen LogP contribution in [0, 0.1) is 0 Å². The molecule has 1 aliphatic heterocycles. The first-order chi connectivity index (χ1) is 14.1. The minimum Gasteiger partial charge on any atom is -0.358 e. The van der Waals surface area contributed by atoms with E-state index < -0.39 is 5.76 Å². The van der Waals surface area contributed by atoms with Gasteiger partial charge in [-0.05, 0) is 30.0 Å². The third-order valence-electron chi connectivity index (χ3n) is 5.34. The highest BCUT2D eigenvalue weighted by atomic mass is 32.2. The van der Waals surface area contributed by atoms with Gasteiger partial charge in [0.1, 0.15) is 6.54 Å². The maximum atomic E-state index is 13.1. The zero-order valence-corrected chi connectivity index (χ0v) is 16.3. The van der Waals surface area contributed by atoms with Gasteiger partial charge in [-0.1, -0.05) is 30.3 Å². The van der Waals surface area contributed by atoms with E-state index >= 15 is 0 Å². The Bertz CT molecular complexity index is 1220. The van der Waals surface area contributed by atoms with Crippen molar-refractivity contribution in [3.8, 4) is 0 Å². The molecule has 0 saturated carbocycles. The molecular weight excluding hydrogens is 394 g/mol. The van der Waals surface area contributed by atoms with Gasteiger partial charge in [0.15, 0.2) is 5.16 Å². The van der Waals surface area contributed by atoms with E-state index in [1.165, 1.54) is 0 Å². The molecule has 3 heterocycles. The van der Waals surface area contributed by atoms with Crippen molar-refractivity contribution in [2.75, 3.05) is 6.54 Å². The van der Waals surface area contributed by atoms with Gasteiger partial charge in [0.05, 0.1) is 11.0 Å². The number of amides is 1. The van der Waals surface area contributed by atoms with Crippen molar-refractivity contribution in [3.63, 3.8) is 0 Å². The number of thioether (sulfide) groups is 1. The Morgan fingerprint density at radius 1 is 1.17 bits per heavy atom. The zero-order chi connectivity index (χ0) is 20.0. The number of hydrogen-bond donors (Lipinski definition) is 1. The molecule has 2 aromatic heterocycles. The van der Waals surface area contributed by atoms with Crippen LogP contribution < -0.4 is 0 Å². The minimum atomic E-state index is -2.59. The van der Waals surface area contributed by atoms with Crippen LogP contribution in [0.25, 0.3) is 21.9 Å². The fourth-order valence-corrected chi connectivity index (χ4v) is 4.59. The SMILES string of the molecule is O=C(Cn1c(SC(F)F)nc2ccccc21)N1CCc2[nH]c3ccccc3c2C1. The number of carbonyl (C=O) groups excluding carboxylic acids is 1. The first-order valence-corrected chi connectivity index (χ1v) is 10.2. The van der Waals surface area contributed by atoms with Gasteiger partial charge in [-0.3, -0.25) is 4.79 Å². The van der Waals surface area contributed by atoms with E-state index in [2.05, 4.69) is 16.0 Å². The van der Waals surface area contributed by atoms with Crippen LogP contribution in [0.1, 0.15) is 11.3 Å². The Morgan fingerprint density at radius 2 is 1.97 bits per heavy atom. The van der Waals surface area contributed by atoms with Crippen LogP contribution in [-0.2, 0) is 24.3 Å². The second-order valence-corrected chi connectivity index (χ2v) is 8.00. The van der Waals surface area contributed by atoms with Crippen molar-refractivity contribution in [1.82, 2.24) is 19.4 Å². The summed E-state index contributed by atoms with van der Waals surface area (Å²) >= 11 is 0.374. The summed E-state index contributed by atoms with van der Waals surface area (Å²) in [5.41, 5.74) is 4.67. The molecule has 0 bridgehead atoms. The van der Waals surface area contributed by atoms with Crippen LogP contribution in [0.5, 0.6) is 0 Å². The topological polar surface area (TPSA) is 53.9 Å². The van der Waals surface area contributed by atoms with Gasteiger partial charge < -0.3 is 14.5 Å². The van der Waals surface area contributed by atoms with Crippen molar-refractivity contribution < 1.29 is 13.6 Å². The number of nitrogens with one attached hydrogen (secondary N) is 1. The Labute approximate surface area is 169 Å². The number of para-hydroxylation sites is 3. The molecule has 4 aromatic rings. The van der Waals surface area contributed by atoms with Crippen LogP contribution in [-0.4, -0.2) is 37.6 Å². The Balaban J connectivity index is 1.44. The molecule has 0 atom stereocenters. The highest BCUT2D eigenvalue weighted by Gasteiger charge is 2.25. The second-order valence-electron chi connectivity index (χ2n) is 7.04. The molecule has 1 N–H and O–H groups in total. The predicted molar refractivity (Wildman–Crippen MR) is 109 cm³/mol. The highest BCUT2D eigenvalue weighted by Crippen LogP contribution is 2.30. The number of alkyl halides is 2. The van der Waals surface area contributed by atoms with Crippen molar-refractivity contribution in [2.45, 2.75) is 30.4 Å². The smallest absolute Gasteiger partial charge is 0.291 e. The summed E-state index contributed by atoms with van der Waals surface area (Å²) in [7, 11) is 0. The molecule has 5 rings (SSSR count). The summed E-state index contributed by atoms with van der Waals surface area (Å²) in [4.78, 5) is 22.6. The molecule has 29 heavy (non-hydrogen) atoms. The lowest BCUT2D eigenvalue weighted by Crippen LogP contribution is -2.38. The number of aromatic amines is 1. The molecule has 2 aromatic carbocycles. The first-order valence-electron chi connectivity index (χ1n) is 9.36. The molecule has 148 valence electrons. The summed E-state index contributed by atoms with van der Waals surface area (Å²) < 4.78 is 27.6. The first kappa shape index (κ1) is 18.2. The number of benzene rings is 2. The maximum Gasteiger partial charge on any atom is 0.291 e. The van der Waals surface area contributed by atoms with Crippen LogP contribution in [0.2, 0.25) is 0 Å². The Kier molecular flexibility index (Phi) is 4.50. The van der Waals surface area contributed by atoms with E-state index in [1.54, 1.807) is 21.6 Å². The summed E-state index contributed by atoms with van der Waals surface area (Å²) in [5.74, 6) is -2.69. The molecule has 0 unspecified atom stereocenters. The summed E-state index contributed by atoms with van der Waals surface area (Å²) in [5, 5.41) is 1.29. The fraction of sp³-hybridized carbons (Fsp3) is 0.238. The highest BCUT2D eigenvalue weighted by molar-refractivity contribution is 7.99. The van der Waals surface area contributed by atoms with E-state index in [0.717, 1.165) is 28.6 Å². The molecule has 8 heteroatoms. The van der Waals surface area contributed by atoms with Crippen molar-refractivity contribution in [3.05, 3.63) is 59.8 Å². The largest absolute Gasteiger partial charge is 0.358 e. The Hall–Kier alpha value is -2.87. The average molecular weight is 412 g/mol. The molecule has 0 fully saturated rings. The number of imidazole rings is 1. The minimum absolute atomic E-state index is 0.00669. The molecule has 0 spiro atoms. The summed E-state index contributed by atoms with van der Waals surface area (Å²) in [6, 6.07) is 15.3. The standard InChI is InChI=1S/C21H18F2N4OS/c22-20(23)29-21-25-17-7-3-4-8-18(17)27(21)12-19(28)26-10-9-16-14(11-26)13-5-1-2-6-15(13)24-16/h1-8,20,24H,9-12H2. The second kappa shape index (κ2) is 7.18. The number of aromatic nitrogens is 3. The van der Waals surface area contributed by atoms with Gasteiger partial charge >= 0.3 is 0 Å². The zero-order valence-electron chi connectivity index (χ0n) is 15.4. The Morgan fingerprint density at radius 3 is 2.83 bits per heavy atom. The quantitative estimate of drug-likeness (QED) is 0.505. The van der Waals surface area contributed by atoms with Crippen molar-refractivity contribution >= 4 is 39.6 Å². The lowest BCUT2D eigenvalue weighted by atomic mass is 10.0. The normalized spacial score (nSPS) is 14.1. The van der Waals surface area contributed by atoms with Gasteiger partial charge in [-0.25, -0.2) is 4.98 Å². The third-order valence-corrected chi connectivity index (χ3v) is 6.04. The van der Waals surface area contributed by atoms with Crippen LogP contribution in [0.4, 0.5) is 8.78 Å². The lowest BCUT2D eigenvalue weighted by Gasteiger charge is -2.27. The molecule has 0 saturated heterocycles. The third kappa shape index (κ3) is 3.27. The number of rotatable bonds is 4. The number of hydrogen-bond acceptors (Lipinski definition) is 3. The van der Waals surface area contributed by atoms with Crippen LogP contribution in [0.3, 0.4) is 0 Å². The molecule has 0 radical (unpaired) electrons. The van der Waals surface area contributed by atoms with E-state index in [4.69, 9.17) is 0 Å². The van der Waals surface area contributed by atoms with Gasteiger partial charge in [0, 0.05) is 41.7 Å². The van der Waals surface area contributed by atoms with Gasteiger partial charge in [-0.15, -0.1) is 0 Å². The molecule has 1 aliphatic rings. The van der Waals surface area contributed by atoms with Gasteiger partial charge in [0.2, 0.25) is 5.91 Å². The summed E-state index contributed by atoms with van der Waals surface area (Å²) in [6.45, 7) is 1.11. The number of nitrogens with zero attached hydrogens (tertiary/aromatic N) is 3. The van der Waals surface area contributed by atoms with E-state index in [0.29, 0.717) is 35.9 Å². The fourth-order valence-electron chi connectivity index (χ4n) is 3.99. The molecular formula is C21H18F2N4OS. The molecule has 0 aliphatic carbocycles. The number of carbonyl (C=O) groups is 1. The van der Waals surface area contributed by atoms with E-state index in [9.17, 15) is 13.6 Å². The van der Waals surface area contributed by atoms with Gasteiger partial charge in [-0.2, -0.15) is 8.78 Å². The van der Waals surface area contributed by atoms with Gasteiger partial charge in [0.25, 0.3) is 5.76 Å². The van der Waals surface area contributed by atoms with Crippen molar-refractivity contribution in [1.29, 1.82) is 0 Å². The predicted octanol–water partition coefficient (Wildman–Crippen LogP) is 4.42. The molecule has 5 nitrogen and oxygen atoms in total. The number of fused-ring (bicyclic) bond motifs is 4. The van der Waals surface area contributed by atoms with Crippen LogP contribution in [0.15, 0.2) is 53.7 Å². The molecule has 1 amide bonds. The van der Waals surface area contributed by atoms with E-state index in [-0.39, 0.29) is 17.6 Å². The maximum absolute atomic E-state index is 13.1. The summed E-state index contributed by atoms with van der Waals surface area (Å²) in [6.07, 6.45) is 0.749. The lowest BCUT2D eigenvalue weighted by molar-refractivity contribution is -0.132. The van der Waals surface area contributed by atoms with E-state index in [1.807, 2.05) is 30.3 Å². The average Bonchev–Trinajstić information content (AvgIpc) is 3.25.